The third-order valence-corrected chi connectivity index (χ3v) is 5.63. The fourth-order valence-corrected chi connectivity index (χ4v) is 4.39. The average Bonchev–Trinajstić information content (AvgIpc) is 2.52. The van der Waals surface area contributed by atoms with Crippen LogP contribution in [0, 0.1) is 19.8 Å². The van der Waals surface area contributed by atoms with Crippen molar-refractivity contribution in [2.45, 2.75) is 38.5 Å². The van der Waals surface area contributed by atoms with Gasteiger partial charge >= 0.3 is 0 Å². The van der Waals surface area contributed by atoms with Crippen LogP contribution in [0.1, 0.15) is 30.9 Å². The van der Waals surface area contributed by atoms with Crippen molar-refractivity contribution >= 4 is 33.1 Å². The molecule has 0 fully saturated rings. The second-order valence-corrected chi connectivity index (χ2v) is 8.64. The summed E-state index contributed by atoms with van der Waals surface area (Å²) < 4.78 is 28.4. The van der Waals surface area contributed by atoms with E-state index in [-0.39, 0.29) is 23.1 Å². The van der Waals surface area contributed by atoms with Crippen molar-refractivity contribution in [3.8, 4) is 0 Å². The molecule has 0 spiro atoms. The van der Waals surface area contributed by atoms with Crippen molar-refractivity contribution < 1.29 is 13.2 Å². The van der Waals surface area contributed by atoms with E-state index in [2.05, 4.69) is 15.0 Å². The van der Waals surface area contributed by atoms with Gasteiger partial charge in [-0.15, -0.1) is 4.40 Å². The molecule has 1 atom stereocenters. The van der Waals surface area contributed by atoms with Gasteiger partial charge in [0.25, 0.3) is 10.0 Å². The van der Waals surface area contributed by atoms with Gasteiger partial charge in [0.1, 0.15) is 10.7 Å². The van der Waals surface area contributed by atoms with Gasteiger partial charge in [-0.2, -0.15) is 8.42 Å². The summed E-state index contributed by atoms with van der Waals surface area (Å²) in [4.78, 5) is 12.5. The molecule has 1 aliphatic heterocycles. The molecule has 0 aliphatic carbocycles. The van der Waals surface area contributed by atoms with E-state index in [0.717, 1.165) is 16.8 Å². The topological polar surface area (TPSA) is 87.6 Å². The molecule has 0 bridgehead atoms. The van der Waals surface area contributed by atoms with Crippen LogP contribution < -0.4 is 10.6 Å². The molecule has 6 nitrogen and oxygen atoms in total. The van der Waals surface area contributed by atoms with Crippen LogP contribution in [-0.2, 0) is 14.8 Å². The zero-order valence-electron chi connectivity index (χ0n) is 15.6. The van der Waals surface area contributed by atoms with E-state index in [0.29, 0.717) is 17.9 Å². The average molecular weight is 385 g/mol. The standard InChI is InChI=1S/C20H23N3O3S/c1-13-8-14(2)10-16(9-13)21-20(24)12-15(3)11-19-22-17-6-4-5-7-18(17)27(25,26)23-19/h4-10,15H,11-12H2,1-3H3,(H,21,24)(H,22,23). The first kappa shape index (κ1) is 19.1. The highest BCUT2D eigenvalue weighted by atomic mass is 32.2. The minimum atomic E-state index is -3.70. The molecule has 2 N–H and O–H groups in total. The van der Waals surface area contributed by atoms with Crippen LogP contribution in [0.5, 0.6) is 0 Å². The number of carbonyl (C=O) groups excluding carboxylic acids is 1. The van der Waals surface area contributed by atoms with Crippen molar-refractivity contribution in [3.05, 3.63) is 53.6 Å². The lowest BCUT2D eigenvalue weighted by atomic mass is 10.0. The number of nitrogens with zero attached hydrogens (tertiary/aromatic N) is 1. The molecule has 2 aromatic rings. The number of hydrogen-bond acceptors (Lipinski definition) is 4. The number of fused-ring (bicyclic) bond motifs is 1. The molecule has 2 aromatic carbocycles. The number of anilines is 2. The minimum absolute atomic E-state index is 0.0670. The lowest BCUT2D eigenvalue weighted by Crippen LogP contribution is -2.25. The van der Waals surface area contributed by atoms with Crippen molar-refractivity contribution in [3.63, 3.8) is 0 Å². The quantitative estimate of drug-likeness (QED) is 0.818. The Kier molecular flexibility index (Phi) is 5.32. The van der Waals surface area contributed by atoms with Gasteiger partial charge in [0.05, 0.1) is 5.69 Å². The number of para-hydroxylation sites is 1. The highest BCUT2D eigenvalue weighted by Crippen LogP contribution is 2.28. The molecule has 1 unspecified atom stereocenters. The number of nitrogens with one attached hydrogen (secondary N) is 2. The molecule has 0 saturated carbocycles. The van der Waals surface area contributed by atoms with Crippen LogP contribution in [0.2, 0.25) is 0 Å². The van der Waals surface area contributed by atoms with E-state index >= 15 is 0 Å². The number of rotatable bonds is 5. The predicted molar refractivity (Wildman–Crippen MR) is 108 cm³/mol. The Morgan fingerprint density at radius 2 is 1.81 bits per heavy atom. The maximum Gasteiger partial charge on any atom is 0.286 e. The first-order valence-corrected chi connectivity index (χ1v) is 10.2. The van der Waals surface area contributed by atoms with Gasteiger partial charge in [0.2, 0.25) is 5.91 Å². The Morgan fingerprint density at radius 1 is 1.15 bits per heavy atom. The van der Waals surface area contributed by atoms with E-state index in [9.17, 15) is 13.2 Å². The smallest absolute Gasteiger partial charge is 0.286 e. The Balaban J connectivity index is 1.63. The number of sulfonamides is 1. The number of benzene rings is 2. The van der Waals surface area contributed by atoms with Gasteiger partial charge < -0.3 is 10.6 Å². The monoisotopic (exact) mass is 385 g/mol. The lowest BCUT2D eigenvalue weighted by molar-refractivity contribution is -0.116. The summed E-state index contributed by atoms with van der Waals surface area (Å²) in [5, 5.41) is 5.97. The molecule has 0 radical (unpaired) electrons. The van der Waals surface area contributed by atoms with Gasteiger partial charge in [-0.1, -0.05) is 25.1 Å². The van der Waals surface area contributed by atoms with Crippen LogP contribution in [0.4, 0.5) is 11.4 Å². The summed E-state index contributed by atoms with van der Waals surface area (Å²) in [5.74, 6) is 0.190. The Labute approximate surface area is 159 Å². The molecule has 0 saturated heterocycles. The fourth-order valence-electron chi connectivity index (χ4n) is 3.23. The molecule has 1 aliphatic rings. The number of aryl methyl sites for hydroxylation is 2. The van der Waals surface area contributed by atoms with Gasteiger partial charge in [-0.05, 0) is 55.2 Å². The largest absolute Gasteiger partial charge is 0.342 e. The number of amides is 1. The molecule has 142 valence electrons. The molecule has 0 aromatic heterocycles. The Hall–Kier alpha value is -2.67. The molecular weight excluding hydrogens is 362 g/mol. The van der Waals surface area contributed by atoms with Crippen molar-refractivity contribution in [2.24, 2.45) is 10.3 Å². The highest BCUT2D eigenvalue weighted by Gasteiger charge is 2.25. The zero-order chi connectivity index (χ0) is 19.6. The van der Waals surface area contributed by atoms with Gasteiger partial charge in [-0.25, -0.2) is 0 Å². The van der Waals surface area contributed by atoms with Gasteiger partial charge in [0, 0.05) is 18.5 Å². The molecule has 1 amide bonds. The van der Waals surface area contributed by atoms with E-state index in [4.69, 9.17) is 0 Å². The van der Waals surface area contributed by atoms with Crippen molar-refractivity contribution in [2.75, 3.05) is 10.6 Å². The van der Waals surface area contributed by atoms with Gasteiger partial charge in [0.15, 0.2) is 0 Å². The SMILES string of the molecule is Cc1cc(C)cc(NC(=O)CC(C)CC2=NS(=O)(=O)c3ccccc3N2)c1. The maximum absolute atomic E-state index is 12.3. The number of hydrogen-bond donors (Lipinski definition) is 2. The van der Waals surface area contributed by atoms with Crippen LogP contribution in [-0.4, -0.2) is 20.2 Å². The van der Waals surface area contributed by atoms with Crippen LogP contribution in [0.3, 0.4) is 0 Å². The normalized spacial score (nSPS) is 15.9. The van der Waals surface area contributed by atoms with Crippen molar-refractivity contribution in [1.82, 2.24) is 0 Å². The van der Waals surface area contributed by atoms with Crippen LogP contribution in [0.15, 0.2) is 51.8 Å². The van der Waals surface area contributed by atoms with Crippen molar-refractivity contribution in [1.29, 1.82) is 0 Å². The summed E-state index contributed by atoms with van der Waals surface area (Å²) in [6.07, 6.45) is 0.642. The third-order valence-electron chi connectivity index (χ3n) is 4.26. The first-order chi connectivity index (χ1) is 12.7. The third kappa shape index (κ3) is 4.74. The molecule has 3 rings (SSSR count). The second-order valence-electron chi connectivity index (χ2n) is 7.07. The van der Waals surface area contributed by atoms with Gasteiger partial charge in [-0.3, -0.25) is 4.79 Å². The molecule has 7 heteroatoms. The summed E-state index contributed by atoms with van der Waals surface area (Å²) in [5.41, 5.74) is 3.47. The lowest BCUT2D eigenvalue weighted by Gasteiger charge is -2.20. The fraction of sp³-hybridized carbons (Fsp3) is 0.300. The first-order valence-electron chi connectivity index (χ1n) is 8.81. The summed E-state index contributed by atoms with van der Waals surface area (Å²) in [7, 11) is -3.70. The second kappa shape index (κ2) is 7.52. The predicted octanol–water partition coefficient (Wildman–Crippen LogP) is 3.87. The van der Waals surface area contributed by atoms with Crippen LogP contribution in [0.25, 0.3) is 0 Å². The Bertz CT molecular complexity index is 993. The Morgan fingerprint density at radius 3 is 2.52 bits per heavy atom. The number of amidine groups is 1. The minimum Gasteiger partial charge on any atom is -0.342 e. The number of carbonyl (C=O) groups is 1. The zero-order valence-corrected chi connectivity index (χ0v) is 16.4. The van der Waals surface area contributed by atoms with E-state index in [1.54, 1.807) is 18.2 Å². The van der Waals surface area contributed by atoms with Crippen LogP contribution >= 0.6 is 0 Å². The van der Waals surface area contributed by atoms with E-state index in [1.807, 2.05) is 39.0 Å². The molecule has 1 heterocycles. The maximum atomic E-state index is 12.3. The highest BCUT2D eigenvalue weighted by molar-refractivity contribution is 7.90. The summed E-state index contributed by atoms with van der Waals surface area (Å²) in [6, 6.07) is 12.6. The molecule has 27 heavy (non-hydrogen) atoms. The van der Waals surface area contributed by atoms with E-state index < -0.39 is 10.0 Å². The van der Waals surface area contributed by atoms with E-state index in [1.165, 1.54) is 6.07 Å². The summed E-state index contributed by atoms with van der Waals surface area (Å²) in [6.45, 7) is 5.87. The summed E-state index contributed by atoms with van der Waals surface area (Å²) >= 11 is 0. The molecular formula is C20H23N3O3S.